The quantitative estimate of drug-likeness (QED) is 0.524. The van der Waals surface area contributed by atoms with Gasteiger partial charge in [0.1, 0.15) is 0 Å². The molecule has 0 spiro atoms. The van der Waals surface area contributed by atoms with Crippen molar-refractivity contribution < 1.29 is 14.5 Å². The third-order valence-electron chi connectivity index (χ3n) is 2.47. The van der Waals surface area contributed by atoms with Crippen molar-refractivity contribution in [3.63, 3.8) is 0 Å². The van der Waals surface area contributed by atoms with Gasteiger partial charge in [0.15, 0.2) is 0 Å². The predicted molar refractivity (Wildman–Crippen MR) is 75.4 cm³/mol. The number of benzene rings is 1. The van der Waals surface area contributed by atoms with E-state index in [0.717, 1.165) is 13.0 Å². The van der Waals surface area contributed by atoms with E-state index in [1.807, 2.05) is 14.1 Å². The molecule has 104 valence electrons. The van der Waals surface area contributed by atoms with E-state index in [9.17, 15) is 9.59 Å². The Labute approximate surface area is 117 Å². The Morgan fingerprint density at radius 3 is 2.53 bits per heavy atom. The fourth-order valence-electron chi connectivity index (χ4n) is 1.47. The molecule has 0 heterocycles. The zero-order chi connectivity index (χ0) is 14.3. The lowest BCUT2D eigenvalue weighted by Gasteiger charge is -2.09. The monoisotopic (exact) mass is 284 g/mol. The van der Waals surface area contributed by atoms with Crippen molar-refractivity contribution in [1.29, 1.82) is 0 Å². The Kier molecular flexibility index (Phi) is 6.32. The van der Waals surface area contributed by atoms with Gasteiger partial charge in [-0.25, -0.2) is 0 Å². The zero-order valence-electron chi connectivity index (χ0n) is 11.1. The highest BCUT2D eigenvalue weighted by Gasteiger charge is 2.14. The van der Waals surface area contributed by atoms with Crippen LogP contribution in [0.25, 0.3) is 0 Å². The van der Waals surface area contributed by atoms with Crippen molar-refractivity contribution in [2.24, 2.45) is 0 Å². The van der Waals surface area contributed by atoms with Gasteiger partial charge in [-0.2, -0.15) is 0 Å². The molecule has 19 heavy (non-hydrogen) atoms. The van der Waals surface area contributed by atoms with E-state index in [2.05, 4.69) is 10.6 Å². The minimum absolute atomic E-state index is 0.403. The number of rotatable bonds is 5. The number of carbonyl (C=O) groups excluding carboxylic acids is 2. The molecule has 6 heteroatoms. The first kappa shape index (κ1) is 15.5. The van der Waals surface area contributed by atoms with Gasteiger partial charge in [0.05, 0.1) is 31.4 Å². The molecule has 0 bridgehead atoms. The average Bonchev–Trinajstić information content (AvgIpc) is 2.36. The molecule has 0 aliphatic heterocycles. The largest absolute Gasteiger partial charge is 0.348 e. The second-order valence-corrected chi connectivity index (χ2v) is 4.91. The molecular formula is C13H19ClN3O2+. The van der Waals surface area contributed by atoms with Crippen molar-refractivity contribution in [1.82, 2.24) is 5.32 Å². The van der Waals surface area contributed by atoms with E-state index >= 15 is 0 Å². The van der Waals surface area contributed by atoms with Crippen LogP contribution in [0.4, 0.5) is 5.69 Å². The molecule has 1 rings (SSSR count). The van der Waals surface area contributed by atoms with Crippen LogP contribution in [0.5, 0.6) is 0 Å². The lowest BCUT2D eigenvalue weighted by atomic mass is 10.3. The van der Waals surface area contributed by atoms with Crippen molar-refractivity contribution in [3.8, 4) is 0 Å². The maximum atomic E-state index is 11.6. The van der Waals surface area contributed by atoms with E-state index in [-0.39, 0.29) is 0 Å². The van der Waals surface area contributed by atoms with Gasteiger partial charge in [0.2, 0.25) is 0 Å². The molecular weight excluding hydrogens is 266 g/mol. The van der Waals surface area contributed by atoms with Crippen molar-refractivity contribution in [3.05, 3.63) is 29.3 Å². The maximum Gasteiger partial charge on any atom is 0.313 e. The number of halogens is 1. The van der Waals surface area contributed by atoms with Crippen LogP contribution in [0.3, 0.4) is 0 Å². The summed E-state index contributed by atoms with van der Waals surface area (Å²) in [5.74, 6) is -1.35. The number of quaternary nitrogens is 1. The summed E-state index contributed by atoms with van der Waals surface area (Å²) in [4.78, 5) is 24.4. The summed E-state index contributed by atoms with van der Waals surface area (Å²) in [6.45, 7) is 1.42. The summed E-state index contributed by atoms with van der Waals surface area (Å²) in [5.41, 5.74) is 0.432. The van der Waals surface area contributed by atoms with Crippen LogP contribution < -0.4 is 15.5 Å². The predicted octanol–water partition coefficient (Wildman–Crippen LogP) is -0.0707. The highest BCUT2D eigenvalue weighted by molar-refractivity contribution is 6.41. The molecule has 1 aromatic rings. The van der Waals surface area contributed by atoms with Gasteiger partial charge in [0.25, 0.3) is 0 Å². The first-order valence-corrected chi connectivity index (χ1v) is 6.51. The molecule has 3 N–H and O–H groups in total. The number of para-hydroxylation sites is 1. The first-order valence-electron chi connectivity index (χ1n) is 6.13. The Hall–Kier alpha value is -1.59. The van der Waals surface area contributed by atoms with Crippen molar-refractivity contribution in [2.45, 2.75) is 6.42 Å². The standard InChI is InChI=1S/C13H18ClN3O2/c1-17(2)9-5-8-15-12(18)13(19)16-11-7-4-3-6-10(11)14/h3-4,6-7H,5,8-9H2,1-2H3,(H,15,18)(H,16,19)/p+1. The average molecular weight is 285 g/mol. The molecule has 0 aliphatic carbocycles. The number of amides is 2. The summed E-state index contributed by atoms with van der Waals surface area (Å²) >= 11 is 5.89. The molecule has 1 aromatic carbocycles. The van der Waals surface area contributed by atoms with Crippen LogP contribution in [-0.2, 0) is 9.59 Å². The van der Waals surface area contributed by atoms with Crippen LogP contribution in [0.1, 0.15) is 6.42 Å². The van der Waals surface area contributed by atoms with Gasteiger partial charge in [0, 0.05) is 13.0 Å². The van der Waals surface area contributed by atoms with Gasteiger partial charge in [-0.15, -0.1) is 0 Å². The fourth-order valence-corrected chi connectivity index (χ4v) is 1.65. The Morgan fingerprint density at radius 2 is 1.89 bits per heavy atom. The van der Waals surface area contributed by atoms with Gasteiger partial charge in [-0.05, 0) is 12.1 Å². The van der Waals surface area contributed by atoms with Crippen LogP contribution in [0, 0.1) is 0 Å². The third kappa shape index (κ3) is 5.72. The van der Waals surface area contributed by atoms with Gasteiger partial charge < -0.3 is 15.5 Å². The van der Waals surface area contributed by atoms with Crippen molar-refractivity contribution in [2.75, 3.05) is 32.5 Å². The summed E-state index contributed by atoms with van der Waals surface area (Å²) in [5, 5.41) is 5.44. The lowest BCUT2D eigenvalue weighted by molar-refractivity contribution is -0.858. The molecule has 0 unspecified atom stereocenters. The van der Waals surface area contributed by atoms with E-state index in [0.29, 0.717) is 17.3 Å². The highest BCUT2D eigenvalue weighted by Crippen LogP contribution is 2.19. The molecule has 0 atom stereocenters. The van der Waals surface area contributed by atoms with E-state index < -0.39 is 11.8 Å². The normalized spacial score (nSPS) is 10.3. The number of nitrogens with one attached hydrogen (secondary N) is 3. The Balaban J connectivity index is 2.37. The SMILES string of the molecule is C[NH+](C)CCCNC(=O)C(=O)Nc1ccccc1Cl. The van der Waals surface area contributed by atoms with Crippen LogP contribution in [0.2, 0.25) is 5.02 Å². The minimum atomic E-state index is -0.703. The lowest BCUT2D eigenvalue weighted by Crippen LogP contribution is -3.05. The van der Waals surface area contributed by atoms with E-state index in [1.54, 1.807) is 24.3 Å². The summed E-state index contributed by atoms with van der Waals surface area (Å²) < 4.78 is 0. The Bertz CT molecular complexity index is 449. The molecule has 0 radical (unpaired) electrons. The maximum absolute atomic E-state index is 11.6. The number of anilines is 1. The molecule has 0 aliphatic rings. The molecule has 0 saturated heterocycles. The smallest absolute Gasteiger partial charge is 0.313 e. The van der Waals surface area contributed by atoms with Gasteiger partial charge >= 0.3 is 11.8 Å². The zero-order valence-corrected chi connectivity index (χ0v) is 11.9. The molecule has 0 fully saturated rings. The second kappa shape index (κ2) is 7.76. The van der Waals surface area contributed by atoms with Crippen LogP contribution >= 0.6 is 11.6 Å². The summed E-state index contributed by atoms with van der Waals surface area (Å²) in [7, 11) is 4.07. The molecule has 2 amide bonds. The first-order chi connectivity index (χ1) is 9.00. The molecule has 0 aromatic heterocycles. The summed E-state index contributed by atoms with van der Waals surface area (Å²) in [6.07, 6.45) is 0.827. The molecule has 0 saturated carbocycles. The fraction of sp³-hybridized carbons (Fsp3) is 0.385. The minimum Gasteiger partial charge on any atom is -0.348 e. The van der Waals surface area contributed by atoms with Gasteiger partial charge in [-0.1, -0.05) is 23.7 Å². The number of hydrogen-bond donors (Lipinski definition) is 3. The van der Waals surface area contributed by atoms with E-state index in [4.69, 9.17) is 11.6 Å². The van der Waals surface area contributed by atoms with Crippen LogP contribution in [0.15, 0.2) is 24.3 Å². The van der Waals surface area contributed by atoms with Gasteiger partial charge in [-0.3, -0.25) is 9.59 Å². The number of hydrogen-bond acceptors (Lipinski definition) is 2. The van der Waals surface area contributed by atoms with Crippen LogP contribution in [-0.4, -0.2) is 39.0 Å². The Morgan fingerprint density at radius 1 is 1.21 bits per heavy atom. The highest BCUT2D eigenvalue weighted by atomic mass is 35.5. The van der Waals surface area contributed by atoms with Crippen molar-refractivity contribution >= 4 is 29.1 Å². The second-order valence-electron chi connectivity index (χ2n) is 4.50. The summed E-state index contributed by atoms with van der Waals surface area (Å²) in [6, 6.07) is 6.78. The topological polar surface area (TPSA) is 62.6 Å². The third-order valence-corrected chi connectivity index (χ3v) is 2.80. The molecule has 5 nitrogen and oxygen atoms in total. The number of carbonyl (C=O) groups is 2. The van der Waals surface area contributed by atoms with E-state index in [1.165, 1.54) is 4.90 Å².